The number of hydrogen-bond acceptors (Lipinski definition) is 2. The Balaban J connectivity index is 1.92. The fourth-order valence-corrected chi connectivity index (χ4v) is 1.82. The topological polar surface area (TPSA) is 53.6 Å². The van der Waals surface area contributed by atoms with Crippen LogP contribution in [0.3, 0.4) is 0 Å². The molecule has 0 radical (unpaired) electrons. The van der Waals surface area contributed by atoms with Gasteiger partial charge in [-0.1, -0.05) is 13.8 Å². The van der Waals surface area contributed by atoms with Crippen LogP contribution < -0.4 is 11.3 Å². The Morgan fingerprint density at radius 3 is 2.50 bits per heavy atom. The van der Waals surface area contributed by atoms with Crippen molar-refractivity contribution in [2.45, 2.75) is 58.0 Å². The molecule has 2 saturated carbocycles. The molecule has 0 amide bonds. The lowest BCUT2D eigenvalue weighted by Gasteiger charge is -2.26. The van der Waals surface area contributed by atoms with Crippen molar-refractivity contribution in [2.24, 2.45) is 16.8 Å². The molecular weight excluding hydrogens is 200 g/mol. The lowest BCUT2D eigenvalue weighted by atomic mass is 10.1. The third-order valence-corrected chi connectivity index (χ3v) is 3.19. The number of nitrogens with one attached hydrogen (secondary N) is 1. The van der Waals surface area contributed by atoms with E-state index < -0.39 is 0 Å². The average Bonchev–Trinajstić information content (AvgIpc) is 3.10. The molecule has 16 heavy (non-hydrogen) atoms. The lowest BCUT2D eigenvalue weighted by molar-refractivity contribution is 0.359. The SMILES string of the molecule is CC(C)CCN(C(=NC1CC1)NN)C1CC1. The van der Waals surface area contributed by atoms with Crippen LogP contribution in [0.2, 0.25) is 0 Å². The number of guanidine groups is 1. The minimum absolute atomic E-state index is 0.534. The largest absolute Gasteiger partial charge is 0.339 e. The van der Waals surface area contributed by atoms with E-state index in [1.807, 2.05) is 0 Å². The Hall–Kier alpha value is -0.770. The number of rotatable bonds is 5. The van der Waals surface area contributed by atoms with E-state index in [1.54, 1.807) is 0 Å². The zero-order valence-electron chi connectivity index (χ0n) is 10.4. The van der Waals surface area contributed by atoms with Gasteiger partial charge in [-0.25, -0.2) is 10.8 Å². The molecule has 4 heteroatoms. The van der Waals surface area contributed by atoms with Crippen molar-refractivity contribution in [1.29, 1.82) is 0 Å². The first-order valence-electron chi connectivity index (χ1n) is 6.51. The van der Waals surface area contributed by atoms with Gasteiger partial charge in [0.05, 0.1) is 6.04 Å². The summed E-state index contributed by atoms with van der Waals surface area (Å²) in [6.07, 6.45) is 6.26. The third kappa shape index (κ3) is 3.37. The van der Waals surface area contributed by atoms with Gasteiger partial charge >= 0.3 is 0 Å². The summed E-state index contributed by atoms with van der Waals surface area (Å²) in [5, 5.41) is 0. The molecule has 0 saturated heterocycles. The molecule has 2 aliphatic rings. The zero-order valence-corrected chi connectivity index (χ0v) is 10.4. The molecule has 0 bridgehead atoms. The van der Waals surface area contributed by atoms with Crippen LogP contribution in [0.25, 0.3) is 0 Å². The highest BCUT2D eigenvalue weighted by atomic mass is 15.4. The van der Waals surface area contributed by atoms with Crippen LogP contribution >= 0.6 is 0 Å². The summed E-state index contributed by atoms with van der Waals surface area (Å²) in [7, 11) is 0. The fourth-order valence-electron chi connectivity index (χ4n) is 1.82. The van der Waals surface area contributed by atoms with Crippen LogP contribution in [0.15, 0.2) is 4.99 Å². The zero-order chi connectivity index (χ0) is 11.5. The second kappa shape index (κ2) is 5.04. The predicted molar refractivity (Wildman–Crippen MR) is 67.0 cm³/mol. The summed E-state index contributed by atoms with van der Waals surface area (Å²) in [4.78, 5) is 7.03. The fraction of sp³-hybridized carbons (Fsp3) is 0.917. The normalized spacial score (nSPS) is 21.4. The molecule has 4 nitrogen and oxygen atoms in total. The van der Waals surface area contributed by atoms with Gasteiger partial charge in [0.15, 0.2) is 0 Å². The number of hydrogen-bond donors (Lipinski definition) is 2. The second-order valence-corrected chi connectivity index (χ2v) is 5.44. The molecule has 2 fully saturated rings. The highest BCUT2D eigenvalue weighted by molar-refractivity contribution is 5.80. The van der Waals surface area contributed by atoms with Crippen LogP contribution in [0, 0.1) is 5.92 Å². The number of aliphatic imine (C=N–C) groups is 1. The molecule has 0 aliphatic heterocycles. The second-order valence-electron chi connectivity index (χ2n) is 5.44. The van der Waals surface area contributed by atoms with Gasteiger partial charge in [0.2, 0.25) is 5.96 Å². The molecule has 0 aromatic carbocycles. The van der Waals surface area contributed by atoms with Gasteiger partial charge in [-0.2, -0.15) is 0 Å². The number of nitrogens with zero attached hydrogens (tertiary/aromatic N) is 2. The Labute approximate surface area is 98.3 Å². The van der Waals surface area contributed by atoms with Crippen molar-refractivity contribution < 1.29 is 0 Å². The van der Waals surface area contributed by atoms with E-state index in [0.29, 0.717) is 12.1 Å². The first kappa shape index (κ1) is 11.7. The van der Waals surface area contributed by atoms with E-state index in [2.05, 4.69) is 29.2 Å². The molecular formula is C12H24N4. The Morgan fingerprint density at radius 1 is 1.38 bits per heavy atom. The standard InChI is InChI=1S/C12H24N4/c1-9(2)7-8-16(11-5-6-11)12(15-13)14-10-3-4-10/h9-11H,3-8,13H2,1-2H3,(H,14,15). The molecule has 0 aromatic rings. The Morgan fingerprint density at radius 2 is 2.06 bits per heavy atom. The minimum Gasteiger partial charge on any atom is -0.339 e. The summed E-state index contributed by atoms with van der Waals surface area (Å²) < 4.78 is 0. The lowest BCUT2D eigenvalue weighted by Crippen LogP contribution is -2.46. The summed E-state index contributed by atoms with van der Waals surface area (Å²) >= 11 is 0. The van der Waals surface area contributed by atoms with Crippen LogP contribution in [0.5, 0.6) is 0 Å². The number of hydrazine groups is 1. The highest BCUT2D eigenvalue weighted by Crippen LogP contribution is 2.29. The van der Waals surface area contributed by atoms with Crippen molar-refractivity contribution in [3.8, 4) is 0 Å². The maximum absolute atomic E-state index is 5.60. The van der Waals surface area contributed by atoms with Crippen molar-refractivity contribution >= 4 is 5.96 Å². The molecule has 92 valence electrons. The van der Waals surface area contributed by atoms with Gasteiger partial charge in [-0.05, 0) is 38.0 Å². The average molecular weight is 224 g/mol. The van der Waals surface area contributed by atoms with Crippen LogP contribution in [-0.4, -0.2) is 29.5 Å². The first-order valence-corrected chi connectivity index (χ1v) is 6.51. The van der Waals surface area contributed by atoms with Crippen molar-refractivity contribution in [1.82, 2.24) is 10.3 Å². The van der Waals surface area contributed by atoms with E-state index in [4.69, 9.17) is 5.84 Å². The van der Waals surface area contributed by atoms with Crippen LogP contribution in [-0.2, 0) is 0 Å². The van der Waals surface area contributed by atoms with E-state index in [-0.39, 0.29) is 0 Å². The summed E-state index contributed by atoms with van der Waals surface area (Å²) in [5.74, 6) is 7.26. The van der Waals surface area contributed by atoms with Gasteiger partial charge in [-0.3, -0.25) is 5.43 Å². The van der Waals surface area contributed by atoms with Gasteiger partial charge in [0.1, 0.15) is 0 Å². The molecule has 0 atom stereocenters. The van der Waals surface area contributed by atoms with Crippen molar-refractivity contribution in [2.75, 3.05) is 6.54 Å². The maximum atomic E-state index is 5.60. The van der Waals surface area contributed by atoms with Gasteiger partial charge < -0.3 is 4.90 Å². The summed E-state index contributed by atoms with van der Waals surface area (Å²) in [6.45, 7) is 5.61. The van der Waals surface area contributed by atoms with E-state index in [0.717, 1.165) is 18.4 Å². The summed E-state index contributed by atoms with van der Waals surface area (Å²) in [5.41, 5.74) is 2.79. The molecule has 2 aliphatic carbocycles. The van der Waals surface area contributed by atoms with Crippen LogP contribution in [0.4, 0.5) is 0 Å². The minimum atomic E-state index is 0.534. The van der Waals surface area contributed by atoms with Gasteiger partial charge in [0, 0.05) is 12.6 Å². The third-order valence-electron chi connectivity index (χ3n) is 3.19. The smallest absolute Gasteiger partial charge is 0.208 e. The molecule has 0 heterocycles. The number of nitrogens with two attached hydrogens (primary N) is 1. The monoisotopic (exact) mass is 224 g/mol. The molecule has 0 aromatic heterocycles. The van der Waals surface area contributed by atoms with E-state index in [1.165, 1.54) is 32.1 Å². The molecule has 0 spiro atoms. The molecule has 0 unspecified atom stereocenters. The highest BCUT2D eigenvalue weighted by Gasteiger charge is 2.32. The Kier molecular flexibility index (Phi) is 3.69. The van der Waals surface area contributed by atoms with E-state index in [9.17, 15) is 0 Å². The summed E-state index contributed by atoms with van der Waals surface area (Å²) in [6, 6.07) is 1.22. The van der Waals surface area contributed by atoms with E-state index >= 15 is 0 Å². The van der Waals surface area contributed by atoms with Crippen molar-refractivity contribution in [3.05, 3.63) is 0 Å². The molecule has 3 N–H and O–H groups in total. The van der Waals surface area contributed by atoms with Gasteiger partial charge in [0.25, 0.3) is 0 Å². The quantitative estimate of drug-likeness (QED) is 0.322. The van der Waals surface area contributed by atoms with Gasteiger partial charge in [-0.15, -0.1) is 0 Å². The maximum Gasteiger partial charge on any atom is 0.208 e. The van der Waals surface area contributed by atoms with Crippen LogP contribution in [0.1, 0.15) is 46.0 Å². The first-order chi connectivity index (χ1) is 7.70. The Bertz CT molecular complexity index is 254. The molecule has 2 rings (SSSR count). The van der Waals surface area contributed by atoms with Crippen molar-refractivity contribution in [3.63, 3.8) is 0 Å². The predicted octanol–water partition coefficient (Wildman–Crippen LogP) is 1.48.